The molecule has 2 rings (SSSR count). The lowest BCUT2D eigenvalue weighted by Crippen LogP contribution is -2.34. The third-order valence-electron chi connectivity index (χ3n) is 4.84. The van der Waals surface area contributed by atoms with Crippen molar-refractivity contribution in [2.75, 3.05) is 57.3 Å². The van der Waals surface area contributed by atoms with Crippen molar-refractivity contribution in [3.63, 3.8) is 0 Å². The summed E-state index contributed by atoms with van der Waals surface area (Å²) >= 11 is 1.15. The van der Waals surface area contributed by atoms with Crippen molar-refractivity contribution in [2.24, 2.45) is 27.6 Å². The third kappa shape index (κ3) is 7.18. The topological polar surface area (TPSA) is 201 Å². The summed E-state index contributed by atoms with van der Waals surface area (Å²) in [5.41, 5.74) is 14.6. The van der Waals surface area contributed by atoms with Gasteiger partial charge in [0.2, 0.25) is 10.0 Å². The largest absolute Gasteiger partial charge is 0.395 e. The molecule has 12 nitrogen and oxygen atoms in total. The number of primary sulfonamides is 1. The molecule has 1 heterocycles. The first-order valence-electron chi connectivity index (χ1n) is 10.00. The van der Waals surface area contributed by atoms with E-state index in [0.717, 1.165) is 31.3 Å². The molecule has 0 atom stereocenters. The number of sulfonamides is 1. The molecule has 0 saturated carbocycles. The summed E-state index contributed by atoms with van der Waals surface area (Å²) in [6.45, 7) is 4.66. The summed E-state index contributed by atoms with van der Waals surface area (Å²) in [5.74, 6) is 5.23. The molecule has 1 aliphatic heterocycles. The molecular weight excluding hydrogens is 442 g/mol. The standard InChI is InChI=1S/C17H33N9O3S2/c18-5-1-6-22-30-14-4-3-13(26-8-2-7-25(9-10-26)11-12-27)15(17(19)23-24-20)16(14)31(21,28)29/h3-4,22,24,27H,1-2,5-12,18,20H2,(H2,19,23)(H2,21,28,29). The Morgan fingerprint density at radius 2 is 2.03 bits per heavy atom. The van der Waals surface area contributed by atoms with Crippen LogP contribution < -0.4 is 37.6 Å². The summed E-state index contributed by atoms with van der Waals surface area (Å²) in [6.07, 6.45) is 1.58. The fourth-order valence-corrected chi connectivity index (χ4v) is 5.48. The maximum Gasteiger partial charge on any atom is 0.240 e. The van der Waals surface area contributed by atoms with Gasteiger partial charge in [0.15, 0.2) is 5.84 Å². The van der Waals surface area contributed by atoms with Crippen LogP contribution in [0.4, 0.5) is 5.69 Å². The van der Waals surface area contributed by atoms with Gasteiger partial charge >= 0.3 is 0 Å². The number of nitrogens with two attached hydrogens (primary N) is 4. The molecule has 1 aromatic rings. The van der Waals surface area contributed by atoms with Crippen LogP contribution in [0.25, 0.3) is 0 Å². The van der Waals surface area contributed by atoms with Crippen LogP contribution in [0.1, 0.15) is 18.4 Å². The number of aliphatic hydroxyl groups excluding tert-OH is 1. The van der Waals surface area contributed by atoms with Gasteiger partial charge in [0.1, 0.15) is 4.90 Å². The van der Waals surface area contributed by atoms with Crippen LogP contribution in [0.15, 0.2) is 27.0 Å². The van der Waals surface area contributed by atoms with E-state index >= 15 is 0 Å². The van der Waals surface area contributed by atoms with Crippen molar-refractivity contribution in [3.05, 3.63) is 17.7 Å². The highest BCUT2D eigenvalue weighted by molar-refractivity contribution is 7.98. The Bertz CT molecular complexity index is 851. The van der Waals surface area contributed by atoms with E-state index in [9.17, 15) is 13.5 Å². The fraction of sp³-hybridized carbons (Fsp3) is 0.588. The van der Waals surface area contributed by atoms with E-state index in [2.05, 4.69) is 25.2 Å². The molecule has 0 bridgehead atoms. The van der Waals surface area contributed by atoms with Crippen molar-refractivity contribution in [2.45, 2.75) is 22.6 Å². The van der Waals surface area contributed by atoms with E-state index in [4.69, 9.17) is 22.4 Å². The number of nitrogens with one attached hydrogen (secondary N) is 2. The van der Waals surface area contributed by atoms with Gasteiger partial charge < -0.3 is 21.5 Å². The number of hydrogen-bond donors (Lipinski definition) is 7. The predicted molar refractivity (Wildman–Crippen MR) is 124 cm³/mol. The van der Waals surface area contributed by atoms with E-state index in [0.29, 0.717) is 49.9 Å². The normalized spacial score (nSPS) is 16.4. The number of aliphatic hydroxyl groups is 1. The van der Waals surface area contributed by atoms with E-state index in [1.807, 2.05) is 6.07 Å². The molecule has 0 aromatic heterocycles. The first kappa shape index (κ1) is 25.6. The lowest BCUT2D eigenvalue weighted by molar-refractivity contribution is 0.204. The van der Waals surface area contributed by atoms with Crippen LogP contribution in [-0.4, -0.2) is 76.7 Å². The van der Waals surface area contributed by atoms with Gasteiger partial charge in [0, 0.05) is 43.3 Å². The number of anilines is 1. The highest BCUT2D eigenvalue weighted by atomic mass is 32.2. The first-order valence-corrected chi connectivity index (χ1v) is 12.4. The monoisotopic (exact) mass is 475 g/mol. The molecule has 11 N–H and O–H groups in total. The van der Waals surface area contributed by atoms with Gasteiger partial charge in [-0.15, -0.1) is 5.10 Å². The smallest absolute Gasteiger partial charge is 0.240 e. The summed E-state index contributed by atoms with van der Waals surface area (Å²) in [6, 6.07) is 3.52. The molecule has 0 unspecified atom stereocenters. The lowest BCUT2D eigenvalue weighted by Gasteiger charge is -2.27. The van der Waals surface area contributed by atoms with Crippen molar-refractivity contribution in [3.8, 4) is 0 Å². The molecule has 0 aliphatic carbocycles. The maximum absolute atomic E-state index is 12.6. The highest BCUT2D eigenvalue weighted by Crippen LogP contribution is 2.34. The van der Waals surface area contributed by atoms with Crippen molar-refractivity contribution in [1.29, 1.82) is 0 Å². The molecule has 1 aromatic carbocycles. The molecule has 176 valence electrons. The van der Waals surface area contributed by atoms with Crippen molar-refractivity contribution >= 4 is 33.5 Å². The van der Waals surface area contributed by atoms with Crippen LogP contribution in [0.3, 0.4) is 0 Å². The number of hydrazone groups is 1. The Kier molecular flexibility index (Phi) is 10.2. The number of β-amino-alcohol motifs (C(OH)–C–C–N with tert-alkyl or cyclic N) is 1. The van der Waals surface area contributed by atoms with E-state index in [1.165, 1.54) is 0 Å². The maximum atomic E-state index is 12.6. The second kappa shape index (κ2) is 12.4. The van der Waals surface area contributed by atoms with Gasteiger partial charge in [-0.2, -0.15) is 0 Å². The predicted octanol–water partition coefficient (Wildman–Crippen LogP) is -2.13. The fourth-order valence-electron chi connectivity index (χ4n) is 3.43. The molecular formula is C17H33N9O3S2. The highest BCUT2D eigenvalue weighted by Gasteiger charge is 2.28. The number of amidine groups is 1. The number of hydrogen-bond acceptors (Lipinski definition) is 11. The van der Waals surface area contributed by atoms with Crippen LogP contribution >= 0.6 is 11.9 Å². The van der Waals surface area contributed by atoms with Crippen LogP contribution in [-0.2, 0) is 10.0 Å². The minimum Gasteiger partial charge on any atom is -0.395 e. The van der Waals surface area contributed by atoms with Crippen LogP contribution in [0, 0.1) is 0 Å². The van der Waals surface area contributed by atoms with Gasteiger partial charge in [-0.05, 0) is 50.0 Å². The zero-order valence-electron chi connectivity index (χ0n) is 17.5. The molecule has 1 fully saturated rings. The Balaban J connectivity index is 2.51. The molecule has 1 saturated heterocycles. The minimum absolute atomic E-state index is 0.0811. The molecule has 0 amide bonds. The van der Waals surface area contributed by atoms with Crippen LogP contribution in [0.5, 0.6) is 0 Å². The Morgan fingerprint density at radius 3 is 2.68 bits per heavy atom. The molecule has 31 heavy (non-hydrogen) atoms. The van der Waals surface area contributed by atoms with Gasteiger partial charge in [-0.3, -0.25) is 9.62 Å². The Hall–Kier alpha value is -1.65. The zero-order valence-corrected chi connectivity index (χ0v) is 19.1. The van der Waals surface area contributed by atoms with Crippen LogP contribution in [0.2, 0.25) is 0 Å². The number of benzene rings is 1. The first-order chi connectivity index (χ1) is 14.8. The van der Waals surface area contributed by atoms with Crippen molar-refractivity contribution in [1.82, 2.24) is 15.2 Å². The number of rotatable bonds is 11. The third-order valence-corrected chi connectivity index (χ3v) is 6.87. The second-order valence-electron chi connectivity index (χ2n) is 7.00. The lowest BCUT2D eigenvalue weighted by atomic mass is 10.1. The molecule has 0 spiro atoms. The Labute approximate surface area is 187 Å². The summed E-state index contributed by atoms with van der Waals surface area (Å²) in [7, 11) is -4.14. The van der Waals surface area contributed by atoms with Gasteiger partial charge in [-0.1, -0.05) is 0 Å². The van der Waals surface area contributed by atoms with Gasteiger partial charge in [0.25, 0.3) is 0 Å². The number of nitrogens with zero attached hydrogens (tertiary/aromatic N) is 3. The van der Waals surface area contributed by atoms with Gasteiger partial charge in [0.05, 0.1) is 12.2 Å². The van der Waals surface area contributed by atoms with E-state index in [1.54, 1.807) is 6.07 Å². The molecule has 1 aliphatic rings. The average molecular weight is 476 g/mol. The SMILES string of the molecule is NCCCNSc1ccc(N2CCCN(CCO)CC2)c(/C(N)=N/NN)c1S(N)(=O)=O. The average Bonchev–Trinajstić information content (AvgIpc) is 2.96. The molecule has 0 radical (unpaired) electrons. The van der Waals surface area contributed by atoms with E-state index < -0.39 is 10.0 Å². The summed E-state index contributed by atoms with van der Waals surface area (Å²) in [5, 5.41) is 18.7. The second-order valence-corrected chi connectivity index (χ2v) is 9.43. The van der Waals surface area contributed by atoms with Gasteiger partial charge in [-0.25, -0.2) is 24.9 Å². The summed E-state index contributed by atoms with van der Waals surface area (Å²) < 4.78 is 28.3. The van der Waals surface area contributed by atoms with Crippen molar-refractivity contribution < 1.29 is 13.5 Å². The Morgan fingerprint density at radius 1 is 1.26 bits per heavy atom. The number of hydrazine groups is 1. The zero-order chi connectivity index (χ0) is 22.9. The minimum atomic E-state index is -4.14. The summed E-state index contributed by atoms with van der Waals surface area (Å²) in [4.78, 5) is 4.51. The molecule has 14 heteroatoms. The van der Waals surface area contributed by atoms with E-state index in [-0.39, 0.29) is 22.9 Å². The quantitative estimate of drug-likeness (QED) is 0.0460.